The first-order valence-electron chi connectivity index (χ1n) is 9.65. The Morgan fingerprint density at radius 1 is 0.931 bits per heavy atom. The van der Waals surface area contributed by atoms with Crippen molar-refractivity contribution in [3.63, 3.8) is 0 Å². The standard InChI is InChI=1S/C23H24N2O4/c1-17-7-9-18(10-8-17)28-22-12-11-21(29-22)23(26)25-15-13-24(14-16-25)19-5-3-4-6-20(19)27-2/h3-12H,13-16H2,1-2H3. The smallest absolute Gasteiger partial charge is 0.290 e. The van der Waals surface area contributed by atoms with E-state index in [0.29, 0.717) is 24.8 Å². The van der Waals surface area contributed by atoms with Crippen molar-refractivity contribution in [1.82, 2.24) is 4.90 Å². The molecule has 6 heteroatoms. The minimum Gasteiger partial charge on any atom is -0.495 e. The highest BCUT2D eigenvalue weighted by Crippen LogP contribution is 2.29. The van der Waals surface area contributed by atoms with Gasteiger partial charge in [-0.25, -0.2) is 0 Å². The second-order valence-corrected chi connectivity index (χ2v) is 6.98. The van der Waals surface area contributed by atoms with Crippen molar-refractivity contribution in [3.05, 3.63) is 72.0 Å². The Labute approximate surface area is 170 Å². The molecule has 2 aromatic carbocycles. The van der Waals surface area contributed by atoms with Gasteiger partial charge in [-0.15, -0.1) is 0 Å². The molecule has 0 spiro atoms. The molecule has 3 aromatic rings. The third kappa shape index (κ3) is 4.21. The molecule has 0 aliphatic carbocycles. The van der Waals surface area contributed by atoms with E-state index < -0.39 is 0 Å². The Kier molecular flexibility index (Phi) is 5.42. The van der Waals surface area contributed by atoms with Crippen LogP contribution in [0.25, 0.3) is 0 Å². The number of hydrogen-bond acceptors (Lipinski definition) is 5. The first-order valence-corrected chi connectivity index (χ1v) is 9.65. The first-order chi connectivity index (χ1) is 14.1. The third-order valence-electron chi connectivity index (χ3n) is 5.02. The summed E-state index contributed by atoms with van der Waals surface area (Å²) in [5, 5.41) is 0. The van der Waals surface area contributed by atoms with Gasteiger partial charge in [-0.05, 0) is 37.3 Å². The van der Waals surface area contributed by atoms with Crippen molar-refractivity contribution in [2.24, 2.45) is 0 Å². The normalized spacial score (nSPS) is 14.0. The Hall–Kier alpha value is -3.41. The Morgan fingerprint density at radius 3 is 2.38 bits per heavy atom. The zero-order valence-corrected chi connectivity index (χ0v) is 16.6. The van der Waals surface area contributed by atoms with Crippen molar-refractivity contribution in [2.75, 3.05) is 38.2 Å². The summed E-state index contributed by atoms with van der Waals surface area (Å²) in [6, 6.07) is 19.0. The van der Waals surface area contributed by atoms with Gasteiger partial charge in [0.05, 0.1) is 12.8 Å². The molecule has 1 aliphatic heterocycles. The van der Waals surface area contributed by atoms with Crippen LogP contribution in [0.2, 0.25) is 0 Å². The summed E-state index contributed by atoms with van der Waals surface area (Å²) in [6.07, 6.45) is 0. The summed E-state index contributed by atoms with van der Waals surface area (Å²) in [7, 11) is 1.67. The van der Waals surface area contributed by atoms with E-state index in [-0.39, 0.29) is 11.7 Å². The molecular weight excluding hydrogens is 368 g/mol. The van der Waals surface area contributed by atoms with Gasteiger partial charge in [0.1, 0.15) is 11.5 Å². The molecule has 1 fully saturated rings. The average Bonchev–Trinajstić information content (AvgIpc) is 3.23. The number of methoxy groups -OCH3 is 1. The van der Waals surface area contributed by atoms with Gasteiger partial charge in [0.15, 0.2) is 5.76 Å². The molecule has 0 N–H and O–H groups in total. The zero-order valence-electron chi connectivity index (χ0n) is 16.6. The summed E-state index contributed by atoms with van der Waals surface area (Å²) in [6.45, 7) is 4.72. The van der Waals surface area contributed by atoms with Crippen LogP contribution in [0.1, 0.15) is 16.1 Å². The number of benzene rings is 2. The quantitative estimate of drug-likeness (QED) is 0.646. The maximum atomic E-state index is 12.8. The largest absolute Gasteiger partial charge is 0.495 e. The monoisotopic (exact) mass is 392 g/mol. The van der Waals surface area contributed by atoms with E-state index in [1.807, 2.05) is 55.5 Å². The van der Waals surface area contributed by atoms with Crippen LogP contribution in [0, 0.1) is 6.92 Å². The minimum absolute atomic E-state index is 0.122. The van der Waals surface area contributed by atoms with Crippen LogP contribution >= 0.6 is 0 Å². The lowest BCUT2D eigenvalue weighted by atomic mass is 10.2. The number of amides is 1. The maximum Gasteiger partial charge on any atom is 0.290 e. The molecule has 1 aromatic heterocycles. The molecule has 1 amide bonds. The molecule has 0 unspecified atom stereocenters. The van der Waals surface area contributed by atoms with Gasteiger partial charge in [0, 0.05) is 32.2 Å². The van der Waals surface area contributed by atoms with Gasteiger partial charge in [-0.1, -0.05) is 29.8 Å². The predicted molar refractivity (Wildman–Crippen MR) is 111 cm³/mol. The Balaban J connectivity index is 1.37. The minimum atomic E-state index is -0.122. The number of nitrogens with zero attached hydrogens (tertiary/aromatic N) is 2. The molecular formula is C23H24N2O4. The van der Waals surface area contributed by atoms with Gasteiger partial charge in [0.2, 0.25) is 0 Å². The number of anilines is 1. The first kappa shape index (κ1) is 18.9. The average molecular weight is 392 g/mol. The fourth-order valence-corrected chi connectivity index (χ4v) is 3.41. The molecule has 2 heterocycles. The van der Waals surface area contributed by atoms with Crippen LogP contribution in [-0.4, -0.2) is 44.1 Å². The summed E-state index contributed by atoms with van der Waals surface area (Å²) >= 11 is 0. The highest BCUT2D eigenvalue weighted by molar-refractivity contribution is 5.91. The van der Waals surface area contributed by atoms with Gasteiger partial charge in [0.25, 0.3) is 11.9 Å². The van der Waals surface area contributed by atoms with Gasteiger partial charge < -0.3 is 23.7 Å². The summed E-state index contributed by atoms with van der Waals surface area (Å²) in [5.41, 5.74) is 2.20. The molecule has 1 aliphatic rings. The Morgan fingerprint density at radius 2 is 1.66 bits per heavy atom. The molecule has 0 saturated carbocycles. The predicted octanol–water partition coefficient (Wildman–Crippen LogP) is 4.35. The van der Waals surface area contributed by atoms with Crippen LogP contribution < -0.4 is 14.4 Å². The van der Waals surface area contributed by atoms with E-state index in [0.717, 1.165) is 30.1 Å². The maximum absolute atomic E-state index is 12.8. The molecule has 4 rings (SSSR count). The molecule has 0 bridgehead atoms. The van der Waals surface area contributed by atoms with Crippen LogP contribution in [0.5, 0.6) is 17.4 Å². The lowest BCUT2D eigenvalue weighted by Crippen LogP contribution is -2.48. The summed E-state index contributed by atoms with van der Waals surface area (Å²) < 4.78 is 16.8. The van der Waals surface area contributed by atoms with E-state index in [9.17, 15) is 4.79 Å². The van der Waals surface area contributed by atoms with Crippen LogP contribution in [0.4, 0.5) is 5.69 Å². The number of carbonyl (C=O) groups is 1. The van der Waals surface area contributed by atoms with E-state index in [2.05, 4.69) is 4.90 Å². The van der Waals surface area contributed by atoms with Gasteiger partial charge in [-0.2, -0.15) is 0 Å². The SMILES string of the molecule is COc1ccccc1N1CCN(C(=O)c2ccc(Oc3ccc(C)cc3)o2)CC1. The number of ether oxygens (including phenoxy) is 2. The van der Waals surface area contributed by atoms with E-state index in [1.54, 1.807) is 24.1 Å². The van der Waals surface area contributed by atoms with Crippen molar-refractivity contribution >= 4 is 11.6 Å². The van der Waals surface area contributed by atoms with Crippen molar-refractivity contribution in [2.45, 2.75) is 6.92 Å². The number of aryl methyl sites for hydroxylation is 1. The number of carbonyl (C=O) groups excluding carboxylic acids is 1. The van der Waals surface area contributed by atoms with E-state index in [1.165, 1.54) is 0 Å². The zero-order chi connectivity index (χ0) is 20.2. The van der Waals surface area contributed by atoms with Crippen LogP contribution in [0.3, 0.4) is 0 Å². The number of rotatable bonds is 5. The van der Waals surface area contributed by atoms with E-state index in [4.69, 9.17) is 13.9 Å². The highest BCUT2D eigenvalue weighted by atomic mass is 16.6. The third-order valence-corrected chi connectivity index (χ3v) is 5.02. The fourth-order valence-electron chi connectivity index (χ4n) is 3.41. The number of furan rings is 1. The van der Waals surface area contributed by atoms with Crippen molar-refractivity contribution in [3.8, 4) is 17.4 Å². The molecule has 150 valence electrons. The second kappa shape index (κ2) is 8.31. The van der Waals surface area contributed by atoms with Gasteiger partial charge in [-0.3, -0.25) is 4.79 Å². The van der Waals surface area contributed by atoms with Crippen molar-refractivity contribution < 1.29 is 18.7 Å². The summed E-state index contributed by atoms with van der Waals surface area (Å²) in [5.74, 6) is 2.00. The second-order valence-electron chi connectivity index (χ2n) is 6.98. The molecule has 0 radical (unpaired) electrons. The highest BCUT2D eigenvalue weighted by Gasteiger charge is 2.25. The number of piperazine rings is 1. The van der Waals surface area contributed by atoms with Crippen LogP contribution in [0.15, 0.2) is 65.1 Å². The molecule has 1 saturated heterocycles. The molecule has 0 atom stereocenters. The fraction of sp³-hybridized carbons (Fsp3) is 0.261. The topological polar surface area (TPSA) is 55.2 Å². The molecule has 29 heavy (non-hydrogen) atoms. The van der Waals surface area contributed by atoms with Crippen molar-refractivity contribution in [1.29, 1.82) is 0 Å². The number of para-hydroxylation sites is 2. The van der Waals surface area contributed by atoms with Crippen LogP contribution in [-0.2, 0) is 0 Å². The number of hydrogen-bond donors (Lipinski definition) is 0. The molecule has 6 nitrogen and oxygen atoms in total. The Bertz CT molecular complexity index is 973. The summed E-state index contributed by atoms with van der Waals surface area (Å²) in [4.78, 5) is 16.8. The van der Waals surface area contributed by atoms with Gasteiger partial charge >= 0.3 is 0 Å². The lowest BCUT2D eigenvalue weighted by Gasteiger charge is -2.36. The van der Waals surface area contributed by atoms with E-state index >= 15 is 0 Å². The lowest BCUT2D eigenvalue weighted by molar-refractivity contribution is 0.0709.